The summed E-state index contributed by atoms with van der Waals surface area (Å²) in [7, 11) is -0.630. The number of hydrogen-bond acceptors (Lipinski definition) is 3. The number of hydrogen-bond donors (Lipinski definition) is 1. The van der Waals surface area contributed by atoms with Gasteiger partial charge in [0.15, 0.2) is 0 Å². The highest BCUT2D eigenvalue weighted by atomic mass is 32.2. The molecule has 0 heterocycles. The molecule has 0 radical (unpaired) electrons. The van der Waals surface area contributed by atoms with E-state index in [1.807, 2.05) is 11.8 Å². The minimum atomic E-state index is -0.630. The fraction of sp³-hybridized carbons (Fsp3) is 1.00. The van der Waals surface area contributed by atoms with E-state index in [0.29, 0.717) is 17.3 Å². The maximum Gasteiger partial charge on any atom is 0.0501 e. The van der Waals surface area contributed by atoms with Crippen molar-refractivity contribution < 1.29 is 4.21 Å². The van der Waals surface area contributed by atoms with Crippen LogP contribution in [-0.4, -0.2) is 38.8 Å². The Hall–Kier alpha value is 0.460. The lowest BCUT2D eigenvalue weighted by Gasteiger charge is -2.38. The van der Waals surface area contributed by atoms with E-state index in [1.54, 1.807) is 0 Å². The van der Waals surface area contributed by atoms with Crippen molar-refractivity contribution in [2.45, 2.75) is 80.9 Å². The van der Waals surface area contributed by atoms with Crippen LogP contribution < -0.4 is 5.32 Å². The number of nitrogens with one attached hydrogen (secondary N) is 1. The molecule has 0 spiro atoms. The zero-order valence-corrected chi connectivity index (χ0v) is 14.0. The van der Waals surface area contributed by atoms with Crippen LogP contribution in [-0.2, 0) is 10.8 Å². The largest absolute Gasteiger partial charge is 0.309 e. The van der Waals surface area contributed by atoms with Crippen LogP contribution in [0.2, 0.25) is 0 Å². The van der Waals surface area contributed by atoms with Crippen LogP contribution in [0.3, 0.4) is 0 Å². The molecule has 2 rings (SSSR count). The summed E-state index contributed by atoms with van der Waals surface area (Å²) in [5.41, 5.74) is 0. The van der Waals surface area contributed by atoms with Crippen molar-refractivity contribution in [1.29, 1.82) is 0 Å². The Bertz CT molecular complexity index is 298. The fourth-order valence-corrected chi connectivity index (χ4v) is 6.05. The van der Waals surface area contributed by atoms with E-state index in [0.717, 1.165) is 17.4 Å². The molecule has 112 valence electrons. The van der Waals surface area contributed by atoms with Crippen molar-refractivity contribution in [3.8, 4) is 0 Å². The quantitative estimate of drug-likeness (QED) is 0.844. The van der Waals surface area contributed by atoms with Gasteiger partial charge >= 0.3 is 0 Å². The molecule has 2 aliphatic carbocycles. The molecule has 0 bridgehead atoms. The Morgan fingerprint density at radius 2 is 1.68 bits per heavy atom. The zero-order chi connectivity index (χ0) is 13.7. The second kappa shape index (κ2) is 8.04. The van der Waals surface area contributed by atoms with Gasteiger partial charge in [0.1, 0.15) is 0 Å². The minimum Gasteiger partial charge on any atom is -0.309 e. The highest BCUT2D eigenvalue weighted by Gasteiger charge is 2.33. The Morgan fingerprint density at radius 3 is 2.37 bits per heavy atom. The predicted octanol–water partition coefficient (Wildman–Crippen LogP) is 3.33. The second-order valence-electron chi connectivity index (χ2n) is 5.93. The molecule has 0 unspecified atom stereocenters. The van der Waals surface area contributed by atoms with Gasteiger partial charge in [0.2, 0.25) is 0 Å². The van der Waals surface area contributed by atoms with Crippen molar-refractivity contribution in [3.05, 3.63) is 0 Å². The van der Waals surface area contributed by atoms with Crippen LogP contribution in [0.25, 0.3) is 0 Å². The van der Waals surface area contributed by atoms with Crippen molar-refractivity contribution in [1.82, 2.24) is 5.32 Å². The molecule has 0 aromatic carbocycles. The topological polar surface area (TPSA) is 29.1 Å². The Balaban J connectivity index is 1.96. The summed E-state index contributed by atoms with van der Waals surface area (Å²) in [5.74, 6) is 0.819. The third-order valence-electron chi connectivity index (χ3n) is 4.76. The highest BCUT2D eigenvalue weighted by Crippen LogP contribution is 2.30. The van der Waals surface area contributed by atoms with E-state index in [9.17, 15) is 4.21 Å². The van der Waals surface area contributed by atoms with Crippen molar-refractivity contribution in [3.63, 3.8) is 0 Å². The molecule has 2 fully saturated rings. The Kier molecular flexibility index (Phi) is 6.70. The van der Waals surface area contributed by atoms with Crippen LogP contribution in [0.4, 0.5) is 0 Å². The van der Waals surface area contributed by atoms with Crippen LogP contribution in [0.15, 0.2) is 0 Å². The summed E-state index contributed by atoms with van der Waals surface area (Å²) in [4.78, 5) is 0. The third-order valence-corrected chi connectivity index (χ3v) is 7.74. The Morgan fingerprint density at radius 1 is 1.05 bits per heavy atom. The van der Waals surface area contributed by atoms with E-state index < -0.39 is 10.8 Å². The summed E-state index contributed by atoms with van der Waals surface area (Å²) in [5, 5.41) is 5.09. The van der Waals surface area contributed by atoms with E-state index in [1.165, 1.54) is 44.9 Å². The molecule has 2 saturated carbocycles. The highest BCUT2D eigenvalue weighted by molar-refractivity contribution is 7.99. The summed E-state index contributed by atoms with van der Waals surface area (Å²) >= 11 is 2.02. The van der Waals surface area contributed by atoms with Gasteiger partial charge in [-0.1, -0.05) is 32.6 Å². The average Bonchev–Trinajstić information content (AvgIpc) is 2.47. The van der Waals surface area contributed by atoms with Gasteiger partial charge in [-0.3, -0.25) is 4.21 Å². The van der Waals surface area contributed by atoms with E-state index in [4.69, 9.17) is 0 Å². The van der Waals surface area contributed by atoms with Crippen molar-refractivity contribution >= 4 is 22.6 Å². The number of thioether (sulfide) groups is 1. The van der Waals surface area contributed by atoms with Gasteiger partial charge in [-0.25, -0.2) is 0 Å². The molecule has 19 heavy (non-hydrogen) atoms. The zero-order valence-electron chi connectivity index (χ0n) is 12.4. The van der Waals surface area contributed by atoms with Gasteiger partial charge in [-0.15, -0.1) is 0 Å². The first kappa shape index (κ1) is 15.8. The average molecular weight is 304 g/mol. The molecular weight excluding hydrogens is 274 g/mol. The molecular formula is C15H29NOS2. The number of rotatable bonds is 5. The lowest BCUT2D eigenvalue weighted by Crippen LogP contribution is -2.52. The first-order valence-electron chi connectivity index (χ1n) is 7.92. The molecule has 0 aromatic rings. The first-order valence-corrected chi connectivity index (χ1v) is 10.6. The summed E-state index contributed by atoms with van der Waals surface area (Å²) in [6, 6.07) is 1.16. The minimum absolute atomic E-state index is 0.406. The SMILES string of the molecule is CC[S@](=O)[C@@H]1CCCC[C@@H]1N[C@@H]1CCCC[C@H]1SC. The van der Waals surface area contributed by atoms with Crippen LogP contribution in [0, 0.1) is 0 Å². The van der Waals surface area contributed by atoms with Gasteiger partial charge in [0.25, 0.3) is 0 Å². The monoisotopic (exact) mass is 303 g/mol. The molecule has 0 aromatic heterocycles. The van der Waals surface area contributed by atoms with Crippen LogP contribution in [0.1, 0.15) is 58.3 Å². The molecule has 5 atom stereocenters. The summed E-state index contributed by atoms with van der Waals surface area (Å²) in [6.07, 6.45) is 12.6. The third kappa shape index (κ3) is 4.21. The van der Waals surface area contributed by atoms with E-state index in [-0.39, 0.29) is 0 Å². The van der Waals surface area contributed by atoms with Gasteiger partial charge in [-0.2, -0.15) is 11.8 Å². The predicted molar refractivity (Wildman–Crippen MR) is 87.4 cm³/mol. The van der Waals surface area contributed by atoms with Gasteiger partial charge in [-0.05, 0) is 31.9 Å². The molecule has 4 heteroatoms. The summed E-state index contributed by atoms with van der Waals surface area (Å²) < 4.78 is 12.2. The van der Waals surface area contributed by atoms with Crippen LogP contribution in [0.5, 0.6) is 0 Å². The molecule has 0 amide bonds. The van der Waals surface area contributed by atoms with E-state index in [2.05, 4.69) is 18.5 Å². The lowest BCUT2D eigenvalue weighted by molar-refractivity contribution is 0.300. The summed E-state index contributed by atoms with van der Waals surface area (Å²) in [6.45, 7) is 2.06. The smallest absolute Gasteiger partial charge is 0.0501 e. The van der Waals surface area contributed by atoms with Gasteiger partial charge in [0.05, 0.1) is 5.25 Å². The normalized spacial score (nSPS) is 38.0. The molecule has 0 aliphatic heterocycles. The van der Waals surface area contributed by atoms with Crippen LogP contribution >= 0.6 is 11.8 Å². The van der Waals surface area contributed by atoms with Crippen molar-refractivity contribution in [2.24, 2.45) is 0 Å². The van der Waals surface area contributed by atoms with Gasteiger partial charge in [0, 0.05) is 33.9 Å². The Labute approximate surface area is 125 Å². The lowest BCUT2D eigenvalue weighted by atomic mass is 9.90. The first-order chi connectivity index (χ1) is 9.26. The maximum atomic E-state index is 12.2. The van der Waals surface area contributed by atoms with Crippen molar-refractivity contribution in [2.75, 3.05) is 12.0 Å². The van der Waals surface area contributed by atoms with E-state index >= 15 is 0 Å². The molecule has 0 saturated heterocycles. The maximum absolute atomic E-state index is 12.2. The molecule has 2 nitrogen and oxygen atoms in total. The fourth-order valence-electron chi connectivity index (χ4n) is 3.66. The standard InChI is InChI=1S/C15H29NOS2/c1-3-19(17)15-11-7-5-9-13(15)16-12-8-4-6-10-14(12)18-2/h12-16H,3-11H2,1-2H3/t12-,13+,14-,15-,19+/m1/s1. The molecule has 2 aliphatic rings. The van der Waals surface area contributed by atoms with Gasteiger partial charge < -0.3 is 5.32 Å². The second-order valence-corrected chi connectivity index (χ2v) is 8.95. The molecule has 1 N–H and O–H groups in total.